The molecule has 37 heavy (non-hydrogen) atoms. The average Bonchev–Trinajstić information content (AvgIpc) is 2.98. The Bertz CT molecular complexity index is 1380. The number of halogens is 4. The van der Waals surface area contributed by atoms with E-state index in [0.29, 0.717) is 21.8 Å². The number of anilines is 1. The van der Waals surface area contributed by atoms with Crippen molar-refractivity contribution in [3.63, 3.8) is 0 Å². The normalized spacial score (nSPS) is 15.7. The van der Waals surface area contributed by atoms with Crippen LogP contribution < -0.4 is 15.4 Å². The summed E-state index contributed by atoms with van der Waals surface area (Å²) in [6.07, 6.45) is 0.244. The van der Waals surface area contributed by atoms with Crippen LogP contribution in [0.1, 0.15) is 28.4 Å². The summed E-state index contributed by atoms with van der Waals surface area (Å²) in [4.78, 5) is 34.5. The topological polar surface area (TPSA) is 102 Å². The van der Waals surface area contributed by atoms with E-state index in [1.807, 2.05) is 0 Å². The Balaban J connectivity index is 1.74. The van der Waals surface area contributed by atoms with E-state index in [4.69, 9.17) is 44.3 Å². The molecule has 0 saturated carbocycles. The number of nitrogens with zero attached hydrogens (tertiary/aromatic N) is 2. The van der Waals surface area contributed by atoms with Crippen LogP contribution in [0.5, 0.6) is 5.75 Å². The summed E-state index contributed by atoms with van der Waals surface area (Å²) >= 11 is 19.0. The Morgan fingerprint density at radius 1 is 1.19 bits per heavy atom. The van der Waals surface area contributed by atoms with Crippen LogP contribution in [0.15, 0.2) is 53.8 Å². The third-order valence-electron chi connectivity index (χ3n) is 5.42. The molecule has 1 aliphatic rings. The number of carbonyl (C=O) groups is 2. The van der Waals surface area contributed by atoms with Gasteiger partial charge >= 0.3 is 0 Å². The highest BCUT2D eigenvalue weighted by molar-refractivity contribution is 6.44. The van der Waals surface area contributed by atoms with Crippen molar-refractivity contribution in [2.45, 2.75) is 19.2 Å². The first kappa shape index (κ1) is 26.8. The molecule has 0 saturated heterocycles. The fourth-order valence-electron chi connectivity index (χ4n) is 3.52. The van der Waals surface area contributed by atoms with Gasteiger partial charge in [0.1, 0.15) is 12.2 Å². The minimum absolute atomic E-state index is 0.0210. The molecular weight excluding hydrogens is 546 g/mol. The van der Waals surface area contributed by atoms with Crippen LogP contribution in [0.2, 0.25) is 15.1 Å². The third-order valence-corrected chi connectivity index (χ3v) is 6.23. The quantitative estimate of drug-likeness (QED) is 0.413. The molecule has 1 unspecified atom stereocenters. The molecule has 2 aromatic carbocycles. The van der Waals surface area contributed by atoms with Gasteiger partial charge in [-0.15, -0.1) is 0 Å². The van der Waals surface area contributed by atoms with Gasteiger partial charge in [-0.1, -0.05) is 53.0 Å². The fraction of sp³-hybridized carbons (Fsp3) is 0.200. The first-order chi connectivity index (χ1) is 17.7. The van der Waals surface area contributed by atoms with Crippen molar-refractivity contribution in [3.8, 4) is 5.75 Å². The summed E-state index contributed by atoms with van der Waals surface area (Å²) in [6.45, 7) is 1.70. The zero-order valence-corrected chi connectivity index (χ0v) is 21.8. The van der Waals surface area contributed by atoms with Crippen LogP contribution in [0, 0.1) is 5.82 Å². The molecule has 0 aliphatic carbocycles. The maximum Gasteiger partial charge on any atom is 0.269 e. The predicted octanol–water partition coefficient (Wildman–Crippen LogP) is 5.14. The van der Waals surface area contributed by atoms with Gasteiger partial charge in [0.15, 0.2) is 11.6 Å². The van der Waals surface area contributed by atoms with Gasteiger partial charge in [-0.2, -0.15) is 0 Å². The summed E-state index contributed by atoms with van der Waals surface area (Å²) in [5.41, 5.74) is 1.28. The number of methoxy groups -OCH3 is 1. The van der Waals surface area contributed by atoms with Crippen molar-refractivity contribution in [2.24, 2.45) is 4.99 Å². The number of aromatic nitrogens is 1. The first-order valence-electron chi connectivity index (χ1n) is 10.9. The number of pyridine rings is 1. The Morgan fingerprint density at radius 3 is 2.59 bits per heavy atom. The SMILES string of the molecule is CO[C@@H](C)COc1c(F)cncc1C(=O)NC1N=C(c2c(Cl)cc(Cl)cc2Cl)c2ccccc2NC1=O. The largest absolute Gasteiger partial charge is 0.487 e. The van der Waals surface area contributed by atoms with E-state index in [2.05, 4.69) is 20.6 Å². The van der Waals surface area contributed by atoms with E-state index in [0.717, 1.165) is 12.4 Å². The third kappa shape index (κ3) is 5.86. The first-order valence-corrected chi connectivity index (χ1v) is 12.1. The van der Waals surface area contributed by atoms with Crippen LogP contribution >= 0.6 is 34.8 Å². The number of nitrogens with one attached hydrogen (secondary N) is 2. The van der Waals surface area contributed by atoms with Crippen LogP contribution in [0.4, 0.5) is 10.1 Å². The molecule has 1 aliphatic heterocycles. The van der Waals surface area contributed by atoms with Crippen LogP contribution in [0.25, 0.3) is 0 Å². The number of fused-ring (bicyclic) bond motifs is 1. The minimum atomic E-state index is -1.44. The molecule has 0 radical (unpaired) electrons. The van der Waals surface area contributed by atoms with Crippen molar-refractivity contribution < 1.29 is 23.5 Å². The Labute approximate surface area is 226 Å². The number of hydrogen-bond acceptors (Lipinski definition) is 6. The molecule has 2 amide bonds. The highest BCUT2D eigenvalue weighted by atomic mass is 35.5. The van der Waals surface area contributed by atoms with Crippen molar-refractivity contribution in [1.82, 2.24) is 10.3 Å². The standard InChI is InChI=1S/C25H20Cl3FN4O4/c1-12(36-2)11-37-22-15(9-30-10-18(22)29)24(34)33-23-25(35)31-19-6-4-3-5-14(19)21(32-23)20-16(27)7-13(26)8-17(20)28/h3-10,12,23H,11H2,1-2H3,(H,31,35)(H,33,34)/t12-,23?/m0/s1. The van der Waals surface area contributed by atoms with E-state index in [1.165, 1.54) is 19.2 Å². The highest BCUT2D eigenvalue weighted by Gasteiger charge is 2.30. The van der Waals surface area contributed by atoms with Gasteiger partial charge in [0.25, 0.3) is 11.8 Å². The smallest absolute Gasteiger partial charge is 0.269 e. The number of aliphatic imine (C=N–C) groups is 1. The maximum atomic E-state index is 14.5. The van der Waals surface area contributed by atoms with Crippen LogP contribution in [-0.2, 0) is 9.53 Å². The summed E-state index contributed by atoms with van der Waals surface area (Å²) in [5, 5.41) is 5.95. The van der Waals surface area contributed by atoms with Crippen molar-refractivity contribution in [2.75, 3.05) is 19.0 Å². The molecule has 1 aromatic heterocycles. The van der Waals surface area contributed by atoms with Crippen molar-refractivity contribution in [1.29, 1.82) is 0 Å². The van der Waals surface area contributed by atoms with E-state index in [-0.39, 0.29) is 39.8 Å². The van der Waals surface area contributed by atoms with Gasteiger partial charge in [0.2, 0.25) is 6.17 Å². The lowest BCUT2D eigenvalue weighted by molar-refractivity contribution is -0.117. The predicted molar refractivity (Wildman–Crippen MR) is 140 cm³/mol. The number of benzodiazepines with no additional fused rings is 1. The molecule has 192 valence electrons. The van der Waals surface area contributed by atoms with Gasteiger partial charge < -0.3 is 20.1 Å². The number of benzene rings is 2. The summed E-state index contributed by atoms with van der Waals surface area (Å²) in [5.74, 6) is -2.66. The minimum Gasteiger partial charge on any atom is -0.487 e. The van der Waals surface area contributed by atoms with Gasteiger partial charge in [-0.25, -0.2) is 9.38 Å². The van der Waals surface area contributed by atoms with Crippen LogP contribution in [0.3, 0.4) is 0 Å². The lowest BCUT2D eigenvalue weighted by Crippen LogP contribution is -2.42. The lowest BCUT2D eigenvalue weighted by atomic mass is 10.0. The lowest BCUT2D eigenvalue weighted by Gasteiger charge is -2.17. The Morgan fingerprint density at radius 2 is 1.89 bits per heavy atom. The number of carbonyl (C=O) groups excluding carboxylic acids is 2. The summed E-state index contributed by atoms with van der Waals surface area (Å²) in [7, 11) is 1.47. The molecule has 2 N–H and O–H groups in total. The molecule has 0 bridgehead atoms. The average molecular weight is 566 g/mol. The maximum absolute atomic E-state index is 14.5. The highest BCUT2D eigenvalue weighted by Crippen LogP contribution is 2.34. The monoisotopic (exact) mass is 564 g/mol. The molecule has 8 nitrogen and oxygen atoms in total. The number of rotatable bonds is 7. The van der Waals surface area contributed by atoms with E-state index < -0.39 is 23.8 Å². The molecule has 2 atom stereocenters. The fourth-order valence-corrected chi connectivity index (χ4v) is 4.52. The second kappa shape index (κ2) is 11.4. The van der Waals surface area contributed by atoms with E-state index >= 15 is 0 Å². The Kier molecular flexibility index (Phi) is 8.29. The number of amides is 2. The van der Waals surface area contributed by atoms with E-state index in [1.54, 1.807) is 31.2 Å². The second-order valence-electron chi connectivity index (χ2n) is 7.99. The molecule has 3 aromatic rings. The molecule has 0 fully saturated rings. The zero-order chi connectivity index (χ0) is 26.7. The zero-order valence-electron chi connectivity index (χ0n) is 19.5. The van der Waals surface area contributed by atoms with Gasteiger partial charge in [0, 0.05) is 29.5 Å². The van der Waals surface area contributed by atoms with Gasteiger partial charge in [-0.3, -0.25) is 14.6 Å². The van der Waals surface area contributed by atoms with E-state index in [9.17, 15) is 14.0 Å². The molecule has 2 heterocycles. The molecule has 4 rings (SSSR count). The van der Waals surface area contributed by atoms with Crippen LogP contribution in [-0.4, -0.2) is 48.5 Å². The molecule has 0 spiro atoms. The number of para-hydroxylation sites is 1. The summed E-state index contributed by atoms with van der Waals surface area (Å²) < 4.78 is 25.1. The van der Waals surface area contributed by atoms with Crippen molar-refractivity contribution in [3.05, 3.63) is 86.4 Å². The second-order valence-corrected chi connectivity index (χ2v) is 9.24. The molecular formula is C25H20Cl3FN4O4. The van der Waals surface area contributed by atoms with Crippen molar-refractivity contribution >= 4 is 58.0 Å². The summed E-state index contributed by atoms with van der Waals surface area (Å²) in [6, 6.07) is 9.85. The molecule has 12 heteroatoms. The number of hydrogen-bond donors (Lipinski definition) is 2. The Hall–Kier alpha value is -3.24. The van der Waals surface area contributed by atoms with Gasteiger partial charge in [-0.05, 0) is 25.1 Å². The van der Waals surface area contributed by atoms with Gasteiger partial charge in [0.05, 0.1) is 33.7 Å². The number of ether oxygens (including phenoxy) is 2.